The number of methoxy groups -OCH3 is 1. The Labute approximate surface area is 220 Å². The number of rotatable bonds is 6. The Kier molecular flexibility index (Phi) is 6.04. The maximum Gasteiger partial charge on any atom is 0.251 e. The normalized spacial score (nSPS) is 31.5. The van der Waals surface area contributed by atoms with Gasteiger partial charge < -0.3 is 19.6 Å². The van der Waals surface area contributed by atoms with Gasteiger partial charge in [-0.05, 0) is 72.7 Å². The molecule has 0 aromatic heterocycles. The minimum Gasteiger partial charge on any atom is -0.497 e. The van der Waals surface area contributed by atoms with Gasteiger partial charge in [-0.1, -0.05) is 42.5 Å². The lowest BCUT2D eigenvalue weighted by Gasteiger charge is -2.59. The second kappa shape index (κ2) is 9.14. The van der Waals surface area contributed by atoms with E-state index in [-0.39, 0.29) is 11.9 Å². The number of hydrogen-bond acceptors (Lipinski definition) is 3. The van der Waals surface area contributed by atoms with Gasteiger partial charge in [0, 0.05) is 29.4 Å². The van der Waals surface area contributed by atoms with E-state index in [0.717, 1.165) is 64.8 Å². The lowest BCUT2D eigenvalue weighted by Crippen LogP contribution is -2.71. The first-order chi connectivity index (χ1) is 17.8. The number of carbonyl (C=O) groups excluding carboxylic acids is 1. The Morgan fingerprint density at radius 3 is 2.62 bits per heavy atom. The molecule has 2 N–H and O–H groups in total. The van der Waals surface area contributed by atoms with E-state index in [1.54, 1.807) is 7.11 Å². The number of piperidine rings is 1. The summed E-state index contributed by atoms with van der Waals surface area (Å²) in [5, 5.41) is 18.0. The number of nitrogens with zero attached hydrogens (tertiary/aromatic N) is 1. The summed E-state index contributed by atoms with van der Waals surface area (Å²) in [5.74, 6) is 1.60. The van der Waals surface area contributed by atoms with Crippen LogP contribution >= 0.6 is 0 Å². The van der Waals surface area contributed by atoms with Gasteiger partial charge in [-0.3, -0.25) is 4.79 Å². The van der Waals surface area contributed by atoms with Crippen molar-refractivity contribution in [1.29, 1.82) is 0 Å². The van der Waals surface area contributed by atoms with Gasteiger partial charge in [-0.25, -0.2) is 0 Å². The molecule has 37 heavy (non-hydrogen) atoms. The fourth-order valence-corrected chi connectivity index (χ4v) is 7.36. The SMILES string of the molecule is COc1cccc([C@@]23CC[N@+](C)(CC4CC4)CC2(O)CC[C@@H](NC(=O)c2ccc4ccccc4c2)C3)c1. The molecule has 3 aromatic rings. The van der Waals surface area contributed by atoms with Crippen LogP contribution in [0.4, 0.5) is 0 Å². The monoisotopic (exact) mass is 499 g/mol. The van der Waals surface area contributed by atoms with Crippen LogP contribution in [0.3, 0.4) is 0 Å². The van der Waals surface area contributed by atoms with Crippen molar-refractivity contribution in [2.75, 3.05) is 33.8 Å². The number of fused-ring (bicyclic) bond motifs is 2. The van der Waals surface area contributed by atoms with Crippen LogP contribution in [0, 0.1) is 5.92 Å². The van der Waals surface area contributed by atoms with Gasteiger partial charge in [-0.15, -0.1) is 0 Å². The minimum absolute atomic E-state index is 0.00531. The van der Waals surface area contributed by atoms with E-state index < -0.39 is 11.0 Å². The number of carbonyl (C=O) groups is 1. The van der Waals surface area contributed by atoms with E-state index in [4.69, 9.17) is 4.74 Å². The molecule has 194 valence electrons. The largest absolute Gasteiger partial charge is 0.497 e. The molecule has 1 heterocycles. The van der Waals surface area contributed by atoms with E-state index >= 15 is 0 Å². The highest BCUT2D eigenvalue weighted by Crippen LogP contribution is 2.53. The number of benzene rings is 3. The zero-order chi connectivity index (χ0) is 25.7. The number of quaternary nitrogens is 1. The van der Waals surface area contributed by atoms with Crippen LogP contribution in [0.5, 0.6) is 5.75 Å². The van der Waals surface area contributed by atoms with Crippen molar-refractivity contribution < 1.29 is 19.1 Å². The lowest BCUT2D eigenvalue weighted by atomic mass is 9.55. The van der Waals surface area contributed by atoms with Crippen molar-refractivity contribution in [3.05, 3.63) is 77.9 Å². The summed E-state index contributed by atoms with van der Waals surface area (Å²) in [6.45, 7) is 2.98. The van der Waals surface area contributed by atoms with Gasteiger partial charge in [0.25, 0.3) is 5.91 Å². The Bertz CT molecular complexity index is 1320. The number of likely N-dealkylation sites (tertiary alicyclic amines) is 1. The highest BCUT2D eigenvalue weighted by Gasteiger charge is 2.62. The summed E-state index contributed by atoms with van der Waals surface area (Å²) in [6, 6.07) is 22.3. The number of nitrogens with one attached hydrogen (secondary N) is 1. The lowest BCUT2D eigenvalue weighted by molar-refractivity contribution is -0.925. The number of aliphatic hydroxyl groups is 1. The highest BCUT2D eigenvalue weighted by atomic mass is 16.5. The average Bonchev–Trinajstić information content (AvgIpc) is 3.72. The molecule has 5 nitrogen and oxygen atoms in total. The van der Waals surface area contributed by atoms with E-state index in [0.29, 0.717) is 12.0 Å². The molecule has 1 amide bonds. The number of ether oxygens (including phenoxy) is 1. The van der Waals surface area contributed by atoms with Crippen LogP contribution in [-0.2, 0) is 5.41 Å². The Morgan fingerprint density at radius 1 is 1.03 bits per heavy atom. The summed E-state index contributed by atoms with van der Waals surface area (Å²) in [5.41, 5.74) is 0.595. The summed E-state index contributed by atoms with van der Waals surface area (Å²) in [4.78, 5) is 13.4. The summed E-state index contributed by atoms with van der Waals surface area (Å²) in [6.07, 6.45) is 5.77. The Morgan fingerprint density at radius 2 is 1.84 bits per heavy atom. The molecule has 3 aliphatic rings. The molecule has 1 saturated heterocycles. The fraction of sp³-hybridized carbons (Fsp3) is 0.469. The quantitative estimate of drug-likeness (QED) is 0.466. The predicted molar refractivity (Wildman–Crippen MR) is 147 cm³/mol. The first-order valence-electron chi connectivity index (χ1n) is 13.8. The third-order valence-electron chi connectivity index (χ3n) is 9.48. The molecule has 3 aromatic carbocycles. The molecule has 4 atom stereocenters. The van der Waals surface area contributed by atoms with E-state index in [1.165, 1.54) is 19.4 Å². The molecule has 0 spiro atoms. The van der Waals surface area contributed by atoms with E-state index in [9.17, 15) is 9.90 Å². The molecule has 0 bridgehead atoms. The Balaban J connectivity index is 1.29. The molecule has 1 unspecified atom stereocenters. The standard InChI is InChI=1S/C32H38N2O3/c1-34(21-23-10-11-23)17-16-31(27-8-5-9-29(19-27)37-2)20-28(14-15-32(31,36)22-34)33-30(35)26-13-12-24-6-3-4-7-25(24)18-26/h3-9,12-13,18-19,23,28,36H,10-11,14-17,20-22H2,1-2H3/p+1/t28-,31+,32?,34-/m1/s1. The first kappa shape index (κ1) is 24.4. The van der Waals surface area contributed by atoms with Crippen LogP contribution in [-0.4, -0.2) is 60.9 Å². The van der Waals surface area contributed by atoms with E-state index in [2.05, 4.69) is 30.6 Å². The van der Waals surface area contributed by atoms with Gasteiger partial charge in [0.1, 0.15) is 17.9 Å². The van der Waals surface area contributed by atoms with Crippen molar-refractivity contribution in [3.8, 4) is 5.75 Å². The van der Waals surface area contributed by atoms with Crippen molar-refractivity contribution >= 4 is 16.7 Å². The van der Waals surface area contributed by atoms with Gasteiger partial charge in [0.15, 0.2) is 0 Å². The molecule has 2 saturated carbocycles. The van der Waals surface area contributed by atoms with Crippen molar-refractivity contribution in [1.82, 2.24) is 5.32 Å². The highest BCUT2D eigenvalue weighted by molar-refractivity contribution is 5.98. The van der Waals surface area contributed by atoms with Crippen molar-refractivity contribution in [2.24, 2.45) is 5.92 Å². The minimum atomic E-state index is -0.814. The second-order valence-electron chi connectivity index (χ2n) is 12.2. The molecular formula is C32H39N2O3+. The van der Waals surface area contributed by atoms with Crippen LogP contribution in [0.2, 0.25) is 0 Å². The number of hydrogen-bond donors (Lipinski definition) is 2. The predicted octanol–water partition coefficient (Wildman–Crippen LogP) is 5.06. The van der Waals surface area contributed by atoms with Gasteiger partial charge in [0.2, 0.25) is 0 Å². The van der Waals surface area contributed by atoms with Crippen LogP contribution < -0.4 is 10.1 Å². The molecule has 6 rings (SSSR count). The van der Waals surface area contributed by atoms with Crippen LogP contribution in [0.1, 0.15) is 54.4 Å². The van der Waals surface area contributed by atoms with E-state index in [1.807, 2.05) is 48.5 Å². The smallest absolute Gasteiger partial charge is 0.251 e. The molecule has 3 fully saturated rings. The maximum absolute atomic E-state index is 13.4. The number of likely N-dealkylation sites (N-methyl/N-ethyl adjacent to an activating group) is 1. The van der Waals surface area contributed by atoms with Crippen LogP contribution in [0.15, 0.2) is 66.7 Å². The van der Waals surface area contributed by atoms with Crippen molar-refractivity contribution in [2.45, 2.75) is 55.6 Å². The zero-order valence-corrected chi connectivity index (χ0v) is 22.1. The third kappa shape index (κ3) is 4.53. The zero-order valence-electron chi connectivity index (χ0n) is 22.1. The van der Waals surface area contributed by atoms with Gasteiger partial charge in [0.05, 0.1) is 27.2 Å². The third-order valence-corrected chi connectivity index (χ3v) is 9.48. The number of amides is 1. The second-order valence-corrected chi connectivity index (χ2v) is 12.2. The summed E-state index contributed by atoms with van der Waals surface area (Å²) < 4.78 is 6.53. The van der Waals surface area contributed by atoms with Crippen LogP contribution in [0.25, 0.3) is 10.8 Å². The maximum atomic E-state index is 13.4. The van der Waals surface area contributed by atoms with Crippen molar-refractivity contribution in [3.63, 3.8) is 0 Å². The summed E-state index contributed by atoms with van der Waals surface area (Å²) in [7, 11) is 4.03. The fourth-order valence-electron chi connectivity index (χ4n) is 7.36. The first-order valence-corrected chi connectivity index (χ1v) is 13.8. The molecule has 1 aliphatic heterocycles. The average molecular weight is 500 g/mol. The molecular weight excluding hydrogens is 460 g/mol. The van der Waals surface area contributed by atoms with Gasteiger partial charge in [-0.2, -0.15) is 0 Å². The molecule has 0 radical (unpaired) electrons. The topological polar surface area (TPSA) is 58.6 Å². The molecule has 2 aliphatic carbocycles. The Hall–Kier alpha value is -2.89. The van der Waals surface area contributed by atoms with Gasteiger partial charge >= 0.3 is 0 Å². The summed E-state index contributed by atoms with van der Waals surface area (Å²) >= 11 is 0. The molecule has 5 heteroatoms.